The molecule has 2 aliphatic heterocycles. The predicted molar refractivity (Wildman–Crippen MR) is 120 cm³/mol. The van der Waals surface area contributed by atoms with Gasteiger partial charge in [0.05, 0.1) is 24.8 Å². The minimum Gasteiger partial charge on any atom is -0.491 e. The first-order valence-electron chi connectivity index (χ1n) is 10.8. The smallest absolute Gasteiger partial charge is 0.257 e. The van der Waals surface area contributed by atoms with Gasteiger partial charge in [-0.25, -0.2) is 0 Å². The quantitative estimate of drug-likeness (QED) is 0.720. The number of hydrogen-bond donors (Lipinski definition) is 2. The Labute approximate surface area is 183 Å². The molecule has 0 aromatic heterocycles. The van der Waals surface area contributed by atoms with Gasteiger partial charge in [0.2, 0.25) is 0 Å². The molecular formula is C25H29N3O3. The first-order valence-corrected chi connectivity index (χ1v) is 10.8. The summed E-state index contributed by atoms with van der Waals surface area (Å²) in [5.74, 6) is 6.53. The number of rotatable bonds is 5. The number of ether oxygens (including phenoxy) is 1. The maximum absolute atomic E-state index is 13.1. The summed E-state index contributed by atoms with van der Waals surface area (Å²) in [5.41, 5.74) is 4.05. The van der Waals surface area contributed by atoms with Crippen molar-refractivity contribution in [2.24, 2.45) is 0 Å². The van der Waals surface area contributed by atoms with Crippen LogP contribution in [0.5, 0.6) is 5.75 Å². The lowest BCUT2D eigenvalue weighted by molar-refractivity contribution is 0.0501. The zero-order valence-corrected chi connectivity index (χ0v) is 17.9. The average molecular weight is 420 g/mol. The molecule has 162 valence electrons. The van der Waals surface area contributed by atoms with Crippen molar-refractivity contribution in [3.63, 3.8) is 0 Å². The predicted octanol–water partition coefficient (Wildman–Crippen LogP) is 1.51. The number of benzene rings is 2. The molecule has 6 heteroatoms. The fourth-order valence-electron chi connectivity index (χ4n) is 4.16. The lowest BCUT2D eigenvalue weighted by Crippen LogP contribution is -2.44. The summed E-state index contributed by atoms with van der Waals surface area (Å²) in [6.07, 6.45) is 0.384. The van der Waals surface area contributed by atoms with Crippen molar-refractivity contribution in [3.8, 4) is 17.6 Å². The van der Waals surface area contributed by atoms with Crippen molar-refractivity contribution < 1.29 is 14.6 Å². The number of fused-ring (bicyclic) bond motifs is 2. The summed E-state index contributed by atoms with van der Waals surface area (Å²) in [6.45, 7) is 4.06. The number of hydrogen-bond acceptors (Lipinski definition) is 5. The zero-order valence-electron chi connectivity index (χ0n) is 17.9. The van der Waals surface area contributed by atoms with Gasteiger partial charge >= 0.3 is 0 Å². The molecule has 31 heavy (non-hydrogen) atoms. The molecule has 0 fully saturated rings. The van der Waals surface area contributed by atoms with Gasteiger partial charge in [-0.3, -0.25) is 9.69 Å². The Balaban J connectivity index is 1.38. The molecule has 2 aromatic rings. The van der Waals surface area contributed by atoms with Crippen LogP contribution in [0.4, 0.5) is 0 Å². The molecule has 6 nitrogen and oxygen atoms in total. The van der Waals surface area contributed by atoms with Crippen molar-refractivity contribution in [2.45, 2.75) is 19.1 Å². The highest BCUT2D eigenvalue weighted by Gasteiger charge is 2.26. The van der Waals surface area contributed by atoms with E-state index in [2.05, 4.69) is 46.3 Å². The van der Waals surface area contributed by atoms with Crippen molar-refractivity contribution >= 4 is 5.91 Å². The first-order chi connectivity index (χ1) is 15.1. The summed E-state index contributed by atoms with van der Waals surface area (Å²) in [7, 11) is 1.85. The minimum atomic E-state index is -0.609. The van der Waals surface area contributed by atoms with Gasteiger partial charge in [-0.05, 0) is 42.8 Å². The Bertz CT molecular complexity index is 995. The highest BCUT2D eigenvalue weighted by atomic mass is 16.5. The third kappa shape index (κ3) is 5.26. The van der Waals surface area contributed by atoms with Crippen molar-refractivity contribution in [1.82, 2.24) is 15.1 Å². The van der Waals surface area contributed by atoms with Gasteiger partial charge < -0.3 is 20.1 Å². The molecule has 0 bridgehead atoms. The molecule has 0 spiro atoms. The van der Waals surface area contributed by atoms with Crippen LogP contribution in [0.2, 0.25) is 0 Å². The van der Waals surface area contributed by atoms with E-state index in [0.29, 0.717) is 44.1 Å². The molecule has 2 aliphatic rings. The molecule has 2 heterocycles. The lowest BCUT2D eigenvalue weighted by Gasteiger charge is -2.32. The topological polar surface area (TPSA) is 65.0 Å². The third-order valence-electron chi connectivity index (χ3n) is 5.73. The molecule has 2 N–H and O–H groups in total. The number of amides is 1. The zero-order chi connectivity index (χ0) is 21.6. The third-order valence-corrected chi connectivity index (χ3v) is 5.73. The second kappa shape index (κ2) is 9.97. The molecule has 2 aromatic carbocycles. The number of β-amino-alcohol motifs (C(OH)–C–C–N with tert-alkyl or cyclic N) is 1. The van der Waals surface area contributed by atoms with Crippen LogP contribution >= 0.6 is 0 Å². The van der Waals surface area contributed by atoms with Gasteiger partial charge in [0.1, 0.15) is 12.4 Å². The average Bonchev–Trinajstić information content (AvgIpc) is 2.92. The van der Waals surface area contributed by atoms with Crippen LogP contribution in [0, 0.1) is 11.8 Å². The van der Waals surface area contributed by atoms with Gasteiger partial charge in [-0.2, -0.15) is 0 Å². The summed E-state index contributed by atoms with van der Waals surface area (Å²) >= 11 is 0. The van der Waals surface area contributed by atoms with E-state index in [-0.39, 0.29) is 5.91 Å². The molecule has 1 unspecified atom stereocenters. The van der Waals surface area contributed by atoms with Gasteiger partial charge in [0.15, 0.2) is 0 Å². The van der Waals surface area contributed by atoms with Crippen LogP contribution in [0.1, 0.15) is 27.0 Å². The van der Waals surface area contributed by atoms with Crippen LogP contribution in [-0.4, -0.2) is 73.3 Å². The SMILES string of the molecule is CNCC#Cc1ccc2c(c1)OCCN(CC(O)CN1CCc3ccccc3C1)C2=O. The standard InChI is InChI=1S/C25H29N3O3/c1-26-11-4-5-19-8-9-23-24(15-19)31-14-13-28(25(23)30)18-22(29)17-27-12-10-20-6-2-3-7-21(20)16-27/h2-3,6-9,15,22,26,29H,10-14,16-18H2,1H3. The van der Waals surface area contributed by atoms with E-state index in [4.69, 9.17) is 4.74 Å². The van der Waals surface area contributed by atoms with E-state index in [1.807, 2.05) is 19.2 Å². The Morgan fingerprint density at radius 3 is 2.84 bits per heavy atom. The monoisotopic (exact) mass is 419 g/mol. The van der Waals surface area contributed by atoms with E-state index < -0.39 is 6.10 Å². The molecule has 1 atom stereocenters. The maximum atomic E-state index is 13.1. The van der Waals surface area contributed by atoms with Crippen LogP contribution in [0.25, 0.3) is 0 Å². The number of carbonyl (C=O) groups is 1. The summed E-state index contributed by atoms with van der Waals surface area (Å²) in [5, 5.41) is 13.7. The summed E-state index contributed by atoms with van der Waals surface area (Å²) in [4.78, 5) is 17.0. The fourth-order valence-corrected chi connectivity index (χ4v) is 4.16. The molecule has 0 saturated carbocycles. The van der Waals surface area contributed by atoms with E-state index in [1.165, 1.54) is 11.1 Å². The largest absolute Gasteiger partial charge is 0.491 e. The Hall–Kier alpha value is -2.85. The first kappa shape index (κ1) is 21.4. The second-order valence-electron chi connectivity index (χ2n) is 8.05. The van der Waals surface area contributed by atoms with Crippen molar-refractivity contribution in [1.29, 1.82) is 0 Å². The molecule has 0 aliphatic carbocycles. The lowest BCUT2D eigenvalue weighted by atomic mass is 10.00. The highest BCUT2D eigenvalue weighted by Crippen LogP contribution is 2.25. The molecule has 4 rings (SSSR count). The normalized spacial score (nSPS) is 17.0. The Morgan fingerprint density at radius 2 is 2.00 bits per heavy atom. The van der Waals surface area contributed by atoms with E-state index in [9.17, 15) is 9.90 Å². The van der Waals surface area contributed by atoms with Gasteiger partial charge in [0, 0.05) is 31.7 Å². The van der Waals surface area contributed by atoms with E-state index in [1.54, 1.807) is 11.0 Å². The molecule has 0 radical (unpaired) electrons. The van der Waals surface area contributed by atoms with Crippen molar-refractivity contribution in [3.05, 3.63) is 64.7 Å². The molecule has 1 amide bonds. The Kier molecular flexibility index (Phi) is 6.88. The van der Waals surface area contributed by atoms with Crippen LogP contribution in [0.15, 0.2) is 42.5 Å². The Morgan fingerprint density at radius 1 is 1.16 bits per heavy atom. The van der Waals surface area contributed by atoms with Crippen LogP contribution in [-0.2, 0) is 13.0 Å². The fraction of sp³-hybridized carbons (Fsp3) is 0.400. The van der Waals surface area contributed by atoms with Crippen LogP contribution < -0.4 is 10.1 Å². The van der Waals surface area contributed by atoms with Crippen LogP contribution in [0.3, 0.4) is 0 Å². The number of aliphatic hydroxyl groups is 1. The number of nitrogens with one attached hydrogen (secondary N) is 1. The number of aliphatic hydroxyl groups excluding tert-OH is 1. The molecular weight excluding hydrogens is 390 g/mol. The highest BCUT2D eigenvalue weighted by molar-refractivity contribution is 5.97. The maximum Gasteiger partial charge on any atom is 0.257 e. The van der Waals surface area contributed by atoms with Gasteiger partial charge in [0.25, 0.3) is 5.91 Å². The van der Waals surface area contributed by atoms with E-state index in [0.717, 1.165) is 25.1 Å². The summed E-state index contributed by atoms with van der Waals surface area (Å²) < 4.78 is 5.83. The van der Waals surface area contributed by atoms with Gasteiger partial charge in [-0.1, -0.05) is 36.1 Å². The van der Waals surface area contributed by atoms with E-state index >= 15 is 0 Å². The second-order valence-corrected chi connectivity index (χ2v) is 8.05. The van der Waals surface area contributed by atoms with Gasteiger partial charge in [-0.15, -0.1) is 0 Å². The number of carbonyl (C=O) groups excluding carboxylic acids is 1. The number of nitrogens with zero attached hydrogens (tertiary/aromatic N) is 2. The summed E-state index contributed by atoms with van der Waals surface area (Å²) in [6, 6.07) is 13.9. The van der Waals surface area contributed by atoms with Crippen molar-refractivity contribution in [2.75, 3.05) is 46.4 Å². The molecule has 0 saturated heterocycles. The minimum absolute atomic E-state index is 0.106.